The van der Waals surface area contributed by atoms with E-state index in [9.17, 15) is 14.7 Å². The van der Waals surface area contributed by atoms with Crippen LogP contribution in [0.25, 0.3) is 0 Å². The summed E-state index contributed by atoms with van der Waals surface area (Å²) in [6.07, 6.45) is 2.87. The van der Waals surface area contributed by atoms with Crippen molar-refractivity contribution in [2.24, 2.45) is 0 Å². The summed E-state index contributed by atoms with van der Waals surface area (Å²) in [4.78, 5) is 14.2. The summed E-state index contributed by atoms with van der Waals surface area (Å²) in [7, 11) is -3.27. The van der Waals surface area contributed by atoms with Crippen LogP contribution in [0.5, 0.6) is 0 Å². The summed E-state index contributed by atoms with van der Waals surface area (Å²) in [5, 5.41) is 16.6. The van der Waals surface area contributed by atoms with Crippen LogP contribution >= 0.6 is 19.3 Å². The summed E-state index contributed by atoms with van der Waals surface area (Å²) >= 11 is 5.61. The van der Waals surface area contributed by atoms with Crippen molar-refractivity contribution in [3.63, 3.8) is 0 Å². The quantitative estimate of drug-likeness (QED) is 0.253. The Morgan fingerprint density at radius 1 is 1.39 bits per heavy atom. The summed E-state index contributed by atoms with van der Waals surface area (Å²) < 4.78 is 19.6. The van der Waals surface area contributed by atoms with Gasteiger partial charge in [0.25, 0.3) is 0 Å². The average molecular weight is 368 g/mol. The zero-order valence-electron chi connectivity index (χ0n) is 13.3. The molecule has 0 fully saturated rings. The summed E-state index contributed by atoms with van der Waals surface area (Å²) in [5.74, 6) is 0.0518. The van der Waals surface area contributed by atoms with Crippen LogP contribution in [0.2, 0.25) is 0 Å². The van der Waals surface area contributed by atoms with Crippen molar-refractivity contribution in [2.45, 2.75) is 39.8 Å². The van der Waals surface area contributed by atoms with Crippen LogP contribution < -0.4 is 10.2 Å². The van der Waals surface area contributed by atoms with Gasteiger partial charge in [-0.3, -0.25) is 9.09 Å². The molecule has 0 bridgehead atoms. The molecule has 1 aromatic rings. The van der Waals surface area contributed by atoms with Crippen molar-refractivity contribution in [1.29, 1.82) is 0 Å². The van der Waals surface area contributed by atoms with E-state index in [1.165, 1.54) is 10.8 Å². The monoisotopic (exact) mass is 367 g/mol. The highest BCUT2D eigenvalue weighted by molar-refractivity contribution is 7.54. The van der Waals surface area contributed by atoms with Crippen LogP contribution in [0, 0.1) is 10.1 Å². The molecule has 9 nitrogen and oxygen atoms in total. The van der Waals surface area contributed by atoms with Crippen molar-refractivity contribution in [3.05, 3.63) is 22.0 Å². The molecular weight excluding hydrogens is 345 g/mol. The van der Waals surface area contributed by atoms with E-state index in [4.69, 9.17) is 16.1 Å². The number of halogens is 1. The average Bonchev–Trinajstić information content (AvgIpc) is 2.93. The minimum atomic E-state index is -3.27. The van der Waals surface area contributed by atoms with Gasteiger partial charge in [-0.15, -0.1) is 11.6 Å². The molecule has 1 unspecified atom stereocenters. The van der Waals surface area contributed by atoms with Gasteiger partial charge in [0.15, 0.2) is 0 Å². The zero-order valence-corrected chi connectivity index (χ0v) is 15.0. The first-order chi connectivity index (χ1) is 11.0. The van der Waals surface area contributed by atoms with Crippen LogP contribution in [-0.2, 0) is 22.2 Å². The van der Waals surface area contributed by atoms with Crippen LogP contribution in [0.1, 0.15) is 32.4 Å². The normalized spacial score (nSPS) is 13.9. The van der Waals surface area contributed by atoms with Crippen molar-refractivity contribution in [3.8, 4) is 0 Å². The lowest BCUT2D eigenvalue weighted by Crippen LogP contribution is -2.26. The van der Waals surface area contributed by atoms with Crippen LogP contribution in [0.15, 0.2) is 6.20 Å². The van der Waals surface area contributed by atoms with Gasteiger partial charge in [-0.25, -0.2) is 14.7 Å². The Morgan fingerprint density at radius 3 is 2.65 bits per heavy atom. The standard InChI is InChI=1S/C12H23ClN5O4P/c1-3-6-15-23(21,16-7-5-13)22-10-11-9-14-12(18(19)20)17(11)8-4-2/h9H,3-8,10H2,1-2H3,(H2,15,16,21). The number of hydrogen-bond donors (Lipinski definition) is 2. The van der Waals surface area contributed by atoms with E-state index in [-0.39, 0.29) is 12.6 Å². The Morgan fingerprint density at radius 2 is 2.09 bits per heavy atom. The highest BCUT2D eigenvalue weighted by Crippen LogP contribution is 2.38. The predicted molar refractivity (Wildman–Crippen MR) is 88.6 cm³/mol. The number of nitrogens with zero attached hydrogens (tertiary/aromatic N) is 3. The molecule has 0 saturated heterocycles. The highest BCUT2D eigenvalue weighted by atomic mass is 35.5. The maximum atomic E-state index is 12.6. The molecule has 1 aromatic heterocycles. The minimum Gasteiger partial charge on any atom is -0.390 e. The van der Waals surface area contributed by atoms with Crippen LogP contribution in [-0.4, -0.2) is 33.4 Å². The van der Waals surface area contributed by atoms with E-state index >= 15 is 0 Å². The summed E-state index contributed by atoms with van der Waals surface area (Å²) in [6, 6.07) is 0. The molecule has 11 heteroatoms. The molecular formula is C12H23ClN5O4P. The molecule has 0 amide bonds. The SMILES string of the molecule is CCCNP(=O)(NCCCl)OCc1cnc([N+](=O)[O-])n1CCC. The lowest BCUT2D eigenvalue weighted by atomic mass is 10.4. The highest BCUT2D eigenvalue weighted by Gasteiger charge is 2.25. The van der Waals surface area contributed by atoms with Gasteiger partial charge in [-0.05, 0) is 17.8 Å². The first-order valence-corrected chi connectivity index (χ1v) is 9.63. The summed E-state index contributed by atoms with van der Waals surface area (Å²) in [5.41, 5.74) is 0.504. The Balaban J connectivity index is 2.84. The third kappa shape index (κ3) is 6.19. The topological polar surface area (TPSA) is 111 Å². The van der Waals surface area contributed by atoms with E-state index in [0.717, 1.165) is 6.42 Å². The van der Waals surface area contributed by atoms with Gasteiger partial charge in [-0.2, -0.15) is 0 Å². The fourth-order valence-electron chi connectivity index (χ4n) is 1.88. The van der Waals surface area contributed by atoms with Crippen molar-refractivity contribution in [2.75, 3.05) is 19.0 Å². The molecule has 23 heavy (non-hydrogen) atoms. The third-order valence-electron chi connectivity index (χ3n) is 2.91. The fraction of sp³-hybridized carbons (Fsp3) is 0.750. The molecule has 1 atom stereocenters. The van der Waals surface area contributed by atoms with Gasteiger partial charge in [0.2, 0.25) is 0 Å². The lowest BCUT2D eigenvalue weighted by Gasteiger charge is -2.19. The number of rotatable bonds is 12. The predicted octanol–water partition coefficient (Wildman–Crippen LogP) is 2.65. The first kappa shape index (κ1) is 20.1. The molecule has 0 aliphatic heterocycles. The largest absolute Gasteiger partial charge is 0.434 e. The number of alkyl halides is 1. The van der Waals surface area contributed by atoms with Gasteiger partial charge in [0, 0.05) is 19.0 Å². The molecule has 0 aliphatic rings. The second kappa shape index (κ2) is 10.00. The van der Waals surface area contributed by atoms with Gasteiger partial charge >= 0.3 is 13.6 Å². The Bertz CT molecular complexity index is 542. The number of nitro groups is 1. The lowest BCUT2D eigenvalue weighted by molar-refractivity contribution is -0.396. The van der Waals surface area contributed by atoms with Crippen molar-refractivity contribution >= 4 is 25.2 Å². The second-order valence-electron chi connectivity index (χ2n) is 4.79. The number of nitrogens with one attached hydrogen (secondary N) is 2. The molecule has 1 rings (SSSR count). The Hall–Kier alpha value is -0.990. The molecule has 2 N–H and O–H groups in total. The van der Waals surface area contributed by atoms with Gasteiger partial charge in [-0.1, -0.05) is 18.8 Å². The Kier molecular flexibility index (Phi) is 8.72. The number of hydrogen-bond acceptors (Lipinski definition) is 5. The Labute approximate surface area is 140 Å². The summed E-state index contributed by atoms with van der Waals surface area (Å²) in [6.45, 7) is 5.08. The van der Waals surface area contributed by atoms with E-state index in [2.05, 4.69) is 15.2 Å². The second-order valence-corrected chi connectivity index (χ2v) is 7.16. The number of aromatic nitrogens is 2. The molecule has 0 radical (unpaired) electrons. The van der Waals surface area contributed by atoms with Crippen LogP contribution in [0.3, 0.4) is 0 Å². The number of imidazole rings is 1. The third-order valence-corrected chi connectivity index (χ3v) is 4.87. The molecule has 132 valence electrons. The minimum absolute atomic E-state index is 0.0515. The van der Waals surface area contributed by atoms with E-state index in [1.54, 1.807) is 0 Å². The van der Waals surface area contributed by atoms with E-state index in [0.29, 0.717) is 37.6 Å². The fourth-order valence-corrected chi connectivity index (χ4v) is 3.64. The van der Waals surface area contributed by atoms with Gasteiger partial charge in [0.05, 0.1) is 6.54 Å². The molecule has 0 spiro atoms. The maximum Gasteiger partial charge on any atom is 0.434 e. The van der Waals surface area contributed by atoms with E-state index < -0.39 is 12.6 Å². The molecule has 1 heterocycles. The maximum absolute atomic E-state index is 12.6. The molecule has 0 aliphatic carbocycles. The van der Waals surface area contributed by atoms with Crippen LogP contribution in [0.4, 0.5) is 5.95 Å². The zero-order chi connectivity index (χ0) is 17.3. The van der Waals surface area contributed by atoms with Gasteiger partial charge < -0.3 is 10.1 Å². The smallest absolute Gasteiger partial charge is 0.390 e. The first-order valence-electron chi connectivity index (χ1n) is 7.47. The van der Waals surface area contributed by atoms with Crippen molar-refractivity contribution < 1.29 is 14.0 Å². The van der Waals surface area contributed by atoms with Gasteiger partial charge in [0.1, 0.15) is 18.5 Å². The molecule has 0 aromatic carbocycles. The van der Waals surface area contributed by atoms with Crippen molar-refractivity contribution in [1.82, 2.24) is 19.7 Å². The molecule has 0 saturated carbocycles. The van der Waals surface area contributed by atoms with E-state index in [1.807, 2.05) is 13.8 Å².